The third-order valence-electron chi connectivity index (χ3n) is 2.80. The van der Waals surface area contributed by atoms with Crippen LogP contribution in [0.15, 0.2) is 30.3 Å². The number of rotatable bonds is 7. The zero-order chi connectivity index (χ0) is 12.7. The smallest absolute Gasteiger partial charge is 0.378 e. The van der Waals surface area contributed by atoms with E-state index in [4.69, 9.17) is 13.3 Å². The molecule has 17 heavy (non-hydrogen) atoms. The van der Waals surface area contributed by atoms with Crippen LogP contribution >= 0.6 is 0 Å². The lowest BCUT2D eigenvalue weighted by Crippen LogP contribution is -2.57. The Balaban J connectivity index is 2.83. The summed E-state index contributed by atoms with van der Waals surface area (Å²) in [6.45, 7) is 2.08. The number of benzene rings is 1. The van der Waals surface area contributed by atoms with E-state index < -0.39 is 8.80 Å². The monoisotopic (exact) mass is 255 g/mol. The van der Waals surface area contributed by atoms with Crippen LogP contribution < -0.4 is 5.32 Å². The highest BCUT2D eigenvalue weighted by molar-refractivity contribution is 6.63. The minimum Gasteiger partial charge on any atom is -0.378 e. The van der Waals surface area contributed by atoms with Gasteiger partial charge in [-0.3, -0.25) is 0 Å². The summed E-state index contributed by atoms with van der Waals surface area (Å²) in [7, 11) is 2.26. The fraction of sp³-hybridized carbons (Fsp3) is 0.500. The van der Waals surface area contributed by atoms with E-state index in [1.54, 1.807) is 21.3 Å². The molecule has 5 heteroatoms. The second-order valence-electron chi connectivity index (χ2n) is 3.69. The summed E-state index contributed by atoms with van der Waals surface area (Å²) in [6, 6.07) is 10.0. The molecule has 1 aromatic rings. The number of para-hydroxylation sites is 1. The quantitative estimate of drug-likeness (QED) is 0.759. The number of hydrogen-bond donors (Lipinski definition) is 1. The molecule has 0 bridgehead atoms. The fourth-order valence-electron chi connectivity index (χ4n) is 1.85. The highest BCUT2D eigenvalue weighted by atomic mass is 28.4. The first-order valence-corrected chi connectivity index (χ1v) is 7.49. The van der Waals surface area contributed by atoms with Gasteiger partial charge in [-0.25, -0.2) is 0 Å². The van der Waals surface area contributed by atoms with Crippen molar-refractivity contribution in [2.75, 3.05) is 26.6 Å². The second kappa shape index (κ2) is 6.76. The van der Waals surface area contributed by atoms with Crippen molar-refractivity contribution in [3.05, 3.63) is 30.3 Å². The van der Waals surface area contributed by atoms with E-state index in [9.17, 15) is 0 Å². The Hall–Kier alpha value is -0.883. The number of hydrogen-bond acceptors (Lipinski definition) is 4. The van der Waals surface area contributed by atoms with Crippen LogP contribution in [0.2, 0.25) is 0 Å². The third-order valence-corrected chi connectivity index (χ3v) is 5.92. The van der Waals surface area contributed by atoms with E-state index in [1.807, 2.05) is 30.3 Å². The van der Waals surface area contributed by atoms with Crippen molar-refractivity contribution < 1.29 is 13.3 Å². The Morgan fingerprint density at radius 2 is 1.59 bits per heavy atom. The Morgan fingerprint density at radius 3 is 2.00 bits per heavy atom. The largest absolute Gasteiger partial charge is 0.523 e. The summed E-state index contributed by atoms with van der Waals surface area (Å²) in [5, 5.41) is 3.41. The summed E-state index contributed by atoms with van der Waals surface area (Å²) < 4.78 is 16.5. The van der Waals surface area contributed by atoms with Gasteiger partial charge in [0.1, 0.15) is 0 Å². The molecule has 96 valence electrons. The van der Waals surface area contributed by atoms with Crippen molar-refractivity contribution in [3.8, 4) is 0 Å². The van der Waals surface area contributed by atoms with Crippen LogP contribution in [0.4, 0.5) is 5.69 Å². The van der Waals surface area contributed by atoms with Crippen molar-refractivity contribution >= 4 is 14.5 Å². The number of anilines is 1. The fourth-order valence-corrected chi connectivity index (χ4v) is 4.05. The first kappa shape index (κ1) is 14.2. The van der Waals surface area contributed by atoms with E-state index in [2.05, 4.69) is 12.2 Å². The molecule has 1 aromatic carbocycles. The molecule has 0 aliphatic rings. The molecule has 1 atom stereocenters. The summed E-state index contributed by atoms with van der Waals surface area (Å²) in [4.78, 5) is 0. The predicted octanol–water partition coefficient (Wildman–Crippen LogP) is 2.29. The minimum absolute atomic E-state index is 0.0462. The lowest BCUT2D eigenvalue weighted by Gasteiger charge is -2.32. The van der Waals surface area contributed by atoms with Gasteiger partial charge in [0, 0.05) is 27.0 Å². The van der Waals surface area contributed by atoms with E-state index in [0.29, 0.717) is 0 Å². The van der Waals surface area contributed by atoms with E-state index in [1.165, 1.54) is 0 Å². The van der Waals surface area contributed by atoms with Gasteiger partial charge in [0.25, 0.3) is 0 Å². The maximum atomic E-state index is 5.49. The van der Waals surface area contributed by atoms with Crippen LogP contribution in [0.25, 0.3) is 0 Å². The van der Waals surface area contributed by atoms with Gasteiger partial charge in [0.2, 0.25) is 0 Å². The Kier molecular flexibility index (Phi) is 5.63. The highest BCUT2D eigenvalue weighted by Crippen LogP contribution is 2.19. The molecule has 0 radical (unpaired) electrons. The molecule has 0 fully saturated rings. The van der Waals surface area contributed by atoms with E-state index in [0.717, 1.165) is 12.1 Å². The predicted molar refractivity (Wildman–Crippen MR) is 70.9 cm³/mol. The maximum Gasteiger partial charge on any atom is 0.523 e. The normalized spacial score (nSPS) is 13.4. The molecule has 4 nitrogen and oxygen atoms in total. The first-order valence-electron chi connectivity index (χ1n) is 5.69. The van der Waals surface area contributed by atoms with Gasteiger partial charge in [0.15, 0.2) is 0 Å². The van der Waals surface area contributed by atoms with Crippen molar-refractivity contribution in [2.45, 2.75) is 19.0 Å². The third kappa shape index (κ3) is 3.29. The second-order valence-corrected chi connectivity index (χ2v) is 6.82. The topological polar surface area (TPSA) is 39.7 Å². The van der Waals surface area contributed by atoms with E-state index >= 15 is 0 Å². The van der Waals surface area contributed by atoms with Crippen molar-refractivity contribution in [1.29, 1.82) is 0 Å². The van der Waals surface area contributed by atoms with Gasteiger partial charge in [0.05, 0.1) is 5.67 Å². The van der Waals surface area contributed by atoms with Gasteiger partial charge >= 0.3 is 8.80 Å². The van der Waals surface area contributed by atoms with Gasteiger partial charge in [-0.2, -0.15) is 0 Å². The maximum absolute atomic E-state index is 5.49. The molecular formula is C12H21NO3Si. The zero-order valence-electron chi connectivity index (χ0n) is 10.9. The van der Waals surface area contributed by atoms with Gasteiger partial charge in [-0.15, -0.1) is 0 Å². The molecular weight excluding hydrogens is 234 g/mol. The highest BCUT2D eigenvalue weighted by Gasteiger charge is 2.46. The SMILES string of the molecule is CCC(Nc1ccccc1)[Si](OC)(OC)OC. The van der Waals surface area contributed by atoms with Crippen molar-refractivity contribution in [3.63, 3.8) is 0 Å². The van der Waals surface area contributed by atoms with Crippen molar-refractivity contribution in [1.82, 2.24) is 0 Å². The molecule has 0 aliphatic carbocycles. The molecule has 1 N–H and O–H groups in total. The van der Waals surface area contributed by atoms with Crippen LogP contribution in [-0.4, -0.2) is 35.8 Å². The standard InChI is InChI=1S/C12H21NO3Si/c1-5-12(17(14-2,15-3)16-4)13-11-9-7-6-8-10-11/h6-10,12-13H,5H2,1-4H3. The molecule has 0 heterocycles. The lowest BCUT2D eigenvalue weighted by atomic mass is 10.3. The molecule has 0 aromatic heterocycles. The molecule has 0 spiro atoms. The summed E-state index contributed by atoms with van der Waals surface area (Å²) in [6.07, 6.45) is 0.872. The minimum atomic E-state index is -2.64. The molecule has 1 rings (SSSR count). The average Bonchev–Trinajstić information content (AvgIpc) is 2.41. The average molecular weight is 255 g/mol. The van der Waals surface area contributed by atoms with Crippen molar-refractivity contribution in [2.24, 2.45) is 0 Å². The molecule has 0 saturated carbocycles. The van der Waals surface area contributed by atoms with Gasteiger partial charge in [-0.05, 0) is 18.6 Å². The molecule has 0 aliphatic heterocycles. The molecule has 0 saturated heterocycles. The lowest BCUT2D eigenvalue weighted by molar-refractivity contribution is 0.115. The summed E-state index contributed by atoms with van der Waals surface area (Å²) in [5.41, 5.74) is 1.09. The Bertz CT molecular complexity index is 309. The van der Waals surface area contributed by atoms with Crippen LogP contribution in [0.5, 0.6) is 0 Å². The molecule has 0 amide bonds. The summed E-state index contributed by atoms with van der Waals surface area (Å²) in [5.74, 6) is 0. The van der Waals surface area contributed by atoms with E-state index in [-0.39, 0.29) is 5.67 Å². The first-order chi connectivity index (χ1) is 8.22. The van der Waals surface area contributed by atoms with Crippen LogP contribution in [0.3, 0.4) is 0 Å². The number of nitrogens with one attached hydrogen (secondary N) is 1. The Labute approximate surface area is 104 Å². The van der Waals surface area contributed by atoms with Gasteiger partial charge < -0.3 is 18.6 Å². The van der Waals surface area contributed by atoms with Crippen LogP contribution in [0.1, 0.15) is 13.3 Å². The Morgan fingerprint density at radius 1 is 1.06 bits per heavy atom. The zero-order valence-corrected chi connectivity index (χ0v) is 11.9. The summed E-state index contributed by atoms with van der Waals surface area (Å²) >= 11 is 0. The van der Waals surface area contributed by atoms with Gasteiger partial charge in [-0.1, -0.05) is 25.1 Å². The van der Waals surface area contributed by atoms with Crippen LogP contribution in [-0.2, 0) is 13.3 Å². The molecule has 1 unspecified atom stereocenters. The van der Waals surface area contributed by atoms with Crippen LogP contribution in [0, 0.1) is 0 Å².